The second-order valence-electron chi connectivity index (χ2n) is 7.25. The maximum Gasteiger partial charge on any atom is 0.407 e. The van der Waals surface area contributed by atoms with Crippen LogP contribution in [0.4, 0.5) is 10.5 Å². The first kappa shape index (κ1) is 18.5. The number of para-hydroxylation sites is 1. The average molecular weight is 360 g/mol. The highest BCUT2D eigenvalue weighted by atomic mass is 16.4. The molecule has 0 saturated carbocycles. The third-order valence-electron chi connectivity index (χ3n) is 5.64. The van der Waals surface area contributed by atoms with Crippen LogP contribution in [0.2, 0.25) is 0 Å². The van der Waals surface area contributed by atoms with Gasteiger partial charge >= 0.3 is 6.09 Å². The number of rotatable bonds is 4. The first-order chi connectivity index (χ1) is 12.5. The normalized spacial score (nSPS) is 24.0. The van der Waals surface area contributed by atoms with Crippen LogP contribution in [0.3, 0.4) is 0 Å². The van der Waals surface area contributed by atoms with E-state index in [1.807, 2.05) is 30.0 Å². The number of benzene rings is 1. The number of hydrogen-bond donors (Lipinski definition) is 2. The molecule has 1 aromatic carbocycles. The topological polar surface area (TPSA) is 90.1 Å². The summed E-state index contributed by atoms with van der Waals surface area (Å²) in [6.07, 6.45) is 1.67. The Kier molecular flexibility index (Phi) is 5.66. The van der Waals surface area contributed by atoms with Gasteiger partial charge < -0.3 is 25.5 Å². The van der Waals surface area contributed by atoms with E-state index in [2.05, 4.69) is 4.90 Å². The molecule has 0 aromatic heterocycles. The van der Waals surface area contributed by atoms with E-state index in [1.165, 1.54) is 4.90 Å². The molecule has 2 heterocycles. The smallest absolute Gasteiger partial charge is 0.407 e. The number of carbonyl (C=O) groups excluding carboxylic acids is 1. The fourth-order valence-corrected chi connectivity index (χ4v) is 4.07. The van der Waals surface area contributed by atoms with Crippen molar-refractivity contribution in [3.05, 3.63) is 29.8 Å². The van der Waals surface area contributed by atoms with Gasteiger partial charge in [0.15, 0.2) is 0 Å². The molecule has 0 unspecified atom stereocenters. The molecule has 2 atom stereocenters. The minimum absolute atomic E-state index is 0.0176. The van der Waals surface area contributed by atoms with Crippen molar-refractivity contribution in [1.29, 1.82) is 0 Å². The third kappa shape index (κ3) is 3.93. The zero-order chi connectivity index (χ0) is 18.7. The van der Waals surface area contributed by atoms with Gasteiger partial charge in [-0.2, -0.15) is 0 Å². The molecule has 2 saturated heterocycles. The van der Waals surface area contributed by atoms with Crippen LogP contribution >= 0.6 is 0 Å². The summed E-state index contributed by atoms with van der Waals surface area (Å²) in [5.74, 6) is 0.0176. The van der Waals surface area contributed by atoms with Gasteiger partial charge in [-0.05, 0) is 44.5 Å². The van der Waals surface area contributed by atoms with Gasteiger partial charge in [-0.1, -0.05) is 18.2 Å². The second kappa shape index (κ2) is 7.95. The monoisotopic (exact) mass is 360 g/mol. The van der Waals surface area contributed by atoms with E-state index in [0.717, 1.165) is 38.0 Å². The molecule has 3 N–H and O–H groups in total. The van der Waals surface area contributed by atoms with Crippen LogP contribution in [0.1, 0.15) is 25.3 Å². The minimum Gasteiger partial charge on any atom is -0.465 e. The summed E-state index contributed by atoms with van der Waals surface area (Å²) >= 11 is 0. The quantitative estimate of drug-likeness (QED) is 0.794. The predicted molar refractivity (Wildman–Crippen MR) is 99.9 cm³/mol. The largest absolute Gasteiger partial charge is 0.465 e. The summed E-state index contributed by atoms with van der Waals surface area (Å²) < 4.78 is 0. The predicted octanol–water partition coefficient (Wildman–Crippen LogP) is 1.49. The van der Waals surface area contributed by atoms with Crippen LogP contribution in [0.5, 0.6) is 0 Å². The zero-order valence-corrected chi connectivity index (χ0v) is 15.3. The van der Waals surface area contributed by atoms with Gasteiger partial charge in [-0.3, -0.25) is 4.79 Å². The Morgan fingerprint density at radius 3 is 2.42 bits per heavy atom. The fraction of sp³-hybridized carbons (Fsp3) is 0.579. The number of anilines is 1. The minimum atomic E-state index is -0.914. The maximum absolute atomic E-state index is 13.0. The molecule has 2 amide bonds. The van der Waals surface area contributed by atoms with Gasteiger partial charge in [0.25, 0.3) is 0 Å². The van der Waals surface area contributed by atoms with Crippen molar-refractivity contribution in [2.45, 2.75) is 38.3 Å². The fourth-order valence-electron chi connectivity index (χ4n) is 4.07. The summed E-state index contributed by atoms with van der Waals surface area (Å²) in [7, 11) is 0. The number of hydrogen-bond acceptors (Lipinski definition) is 4. The molecule has 7 nitrogen and oxygen atoms in total. The Bertz CT molecular complexity index is 660. The van der Waals surface area contributed by atoms with E-state index < -0.39 is 6.09 Å². The number of nitrogens with zero attached hydrogens (tertiary/aromatic N) is 3. The summed E-state index contributed by atoms with van der Waals surface area (Å²) in [6.45, 7) is 5.45. The molecule has 2 aliphatic rings. The highest BCUT2D eigenvalue weighted by Crippen LogP contribution is 2.22. The Balaban J connectivity index is 1.77. The van der Waals surface area contributed by atoms with Crippen molar-refractivity contribution in [3.8, 4) is 0 Å². The number of carbonyl (C=O) groups is 2. The summed E-state index contributed by atoms with van der Waals surface area (Å²) in [4.78, 5) is 30.2. The second-order valence-corrected chi connectivity index (χ2v) is 7.25. The van der Waals surface area contributed by atoms with E-state index in [1.54, 1.807) is 6.07 Å². The molecule has 7 heteroatoms. The molecular weight excluding hydrogens is 332 g/mol. The molecule has 0 radical (unpaired) electrons. The SMILES string of the molecule is C[C@@H]1[C@H](CN2CCCC2)N(C(=O)Cc2ccccc2N)CCN1C(=O)O. The molecule has 142 valence electrons. The maximum atomic E-state index is 13.0. The van der Waals surface area contributed by atoms with Crippen LogP contribution in [0.25, 0.3) is 0 Å². The molecule has 0 bridgehead atoms. The van der Waals surface area contributed by atoms with Gasteiger partial charge in [0, 0.05) is 25.3 Å². The molecular formula is C19H28N4O3. The van der Waals surface area contributed by atoms with E-state index in [0.29, 0.717) is 18.8 Å². The average Bonchev–Trinajstić information content (AvgIpc) is 3.11. The Morgan fingerprint density at radius 2 is 1.77 bits per heavy atom. The lowest BCUT2D eigenvalue weighted by atomic mass is 10.0. The van der Waals surface area contributed by atoms with Crippen molar-refractivity contribution in [1.82, 2.24) is 14.7 Å². The summed E-state index contributed by atoms with van der Waals surface area (Å²) in [5, 5.41) is 9.48. The molecule has 2 aliphatic heterocycles. The standard InChI is InChI=1S/C19H28N4O3/c1-14-17(13-21-8-4-5-9-21)23(11-10-22(14)19(25)26)18(24)12-15-6-2-3-7-16(15)20/h2-3,6-7,14,17H,4-5,8-13,20H2,1H3,(H,25,26)/t14-,17+/m1/s1. The Hall–Kier alpha value is -2.28. The lowest BCUT2D eigenvalue weighted by Crippen LogP contribution is -2.64. The van der Waals surface area contributed by atoms with Crippen LogP contribution in [0, 0.1) is 0 Å². The Morgan fingerprint density at radius 1 is 1.12 bits per heavy atom. The number of piperazine rings is 1. The molecule has 3 rings (SSSR count). The highest BCUT2D eigenvalue weighted by Gasteiger charge is 2.39. The number of amides is 2. The number of carboxylic acid groups (broad SMARTS) is 1. The zero-order valence-electron chi connectivity index (χ0n) is 15.3. The lowest BCUT2D eigenvalue weighted by molar-refractivity contribution is -0.137. The van der Waals surface area contributed by atoms with Crippen molar-refractivity contribution in [3.63, 3.8) is 0 Å². The van der Waals surface area contributed by atoms with Crippen molar-refractivity contribution in [2.75, 3.05) is 38.5 Å². The molecule has 2 fully saturated rings. The number of nitrogens with two attached hydrogens (primary N) is 1. The van der Waals surface area contributed by atoms with E-state index in [4.69, 9.17) is 5.73 Å². The van der Waals surface area contributed by atoms with Gasteiger partial charge in [-0.15, -0.1) is 0 Å². The van der Waals surface area contributed by atoms with Crippen LogP contribution in [0.15, 0.2) is 24.3 Å². The highest BCUT2D eigenvalue weighted by molar-refractivity contribution is 5.81. The van der Waals surface area contributed by atoms with Crippen molar-refractivity contribution < 1.29 is 14.7 Å². The summed E-state index contributed by atoms with van der Waals surface area (Å²) in [6, 6.07) is 7.06. The molecule has 0 spiro atoms. The first-order valence-electron chi connectivity index (χ1n) is 9.32. The van der Waals surface area contributed by atoms with Gasteiger partial charge in [0.05, 0.1) is 18.5 Å². The van der Waals surface area contributed by atoms with E-state index >= 15 is 0 Å². The first-order valence-corrected chi connectivity index (χ1v) is 9.32. The van der Waals surface area contributed by atoms with Crippen molar-refractivity contribution in [2.24, 2.45) is 0 Å². The molecule has 26 heavy (non-hydrogen) atoms. The van der Waals surface area contributed by atoms with E-state index in [-0.39, 0.29) is 24.4 Å². The Labute approximate surface area is 154 Å². The van der Waals surface area contributed by atoms with Crippen molar-refractivity contribution >= 4 is 17.7 Å². The van der Waals surface area contributed by atoms with Crippen LogP contribution in [-0.4, -0.2) is 76.6 Å². The molecule has 0 aliphatic carbocycles. The number of nitrogen functional groups attached to an aromatic ring is 1. The van der Waals surface area contributed by atoms with Crippen LogP contribution in [-0.2, 0) is 11.2 Å². The van der Waals surface area contributed by atoms with Crippen LogP contribution < -0.4 is 5.73 Å². The lowest BCUT2D eigenvalue weighted by Gasteiger charge is -2.46. The third-order valence-corrected chi connectivity index (χ3v) is 5.64. The molecule has 1 aromatic rings. The summed E-state index contributed by atoms with van der Waals surface area (Å²) in [5.41, 5.74) is 7.43. The van der Waals surface area contributed by atoms with Gasteiger partial charge in [-0.25, -0.2) is 4.79 Å². The number of likely N-dealkylation sites (tertiary alicyclic amines) is 1. The van der Waals surface area contributed by atoms with Gasteiger partial charge in [0.2, 0.25) is 5.91 Å². The van der Waals surface area contributed by atoms with Gasteiger partial charge in [0.1, 0.15) is 0 Å². The van der Waals surface area contributed by atoms with E-state index in [9.17, 15) is 14.7 Å².